The summed E-state index contributed by atoms with van der Waals surface area (Å²) in [4.78, 5) is 16.9. The second kappa shape index (κ2) is 6.98. The normalized spacial score (nSPS) is 28.5. The van der Waals surface area contributed by atoms with Crippen LogP contribution in [0.4, 0.5) is 4.79 Å². The minimum Gasteiger partial charge on any atom is -0.444 e. The van der Waals surface area contributed by atoms with Crippen molar-refractivity contribution in [2.75, 3.05) is 26.2 Å². The Morgan fingerprint density at radius 1 is 1.17 bits per heavy atom. The summed E-state index contributed by atoms with van der Waals surface area (Å²) in [6.45, 7) is 9.96. The van der Waals surface area contributed by atoms with Crippen molar-refractivity contribution < 1.29 is 9.53 Å². The average molecular weight is 323 g/mol. The van der Waals surface area contributed by atoms with Gasteiger partial charge in [-0.1, -0.05) is 6.42 Å². The highest BCUT2D eigenvalue weighted by atomic mass is 16.6. The van der Waals surface area contributed by atoms with E-state index in [0.717, 1.165) is 32.0 Å². The Morgan fingerprint density at radius 3 is 2.65 bits per heavy atom. The monoisotopic (exact) mass is 323 g/mol. The number of nitrogens with one attached hydrogen (secondary N) is 1. The van der Waals surface area contributed by atoms with Crippen LogP contribution in [0.3, 0.4) is 0 Å². The molecule has 5 nitrogen and oxygen atoms in total. The first kappa shape index (κ1) is 17.0. The van der Waals surface area contributed by atoms with Gasteiger partial charge in [-0.25, -0.2) is 4.79 Å². The highest BCUT2D eigenvalue weighted by Crippen LogP contribution is 2.29. The fraction of sp³-hybridized carbons (Fsp3) is 0.944. The lowest BCUT2D eigenvalue weighted by molar-refractivity contribution is 0.0234. The third-order valence-electron chi connectivity index (χ3n) is 5.23. The fourth-order valence-electron chi connectivity index (χ4n) is 3.99. The van der Waals surface area contributed by atoms with Gasteiger partial charge < -0.3 is 15.0 Å². The Hall–Kier alpha value is -0.810. The number of hydrogen-bond acceptors (Lipinski definition) is 4. The van der Waals surface area contributed by atoms with E-state index in [1.165, 1.54) is 38.8 Å². The number of carbonyl (C=O) groups is 1. The fourth-order valence-corrected chi connectivity index (χ4v) is 3.99. The van der Waals surface area contributed by atoms with Crippen LogP contribution in [0.5, 0.6) is 0 Å². The molecule has 132 valence electrons. The van der Waals surface area contributed by atoms with Crippen LogP contribution in [0.2, 0.25) is 0 Å². The van der Waals surface area contributed by atoms with Crippen molar-refractivity contribution in [1.29, 1.82) is 0 Å². The van der Waals surface area contributed by atoms with Crippen LogP contribution in [-0.4, -0.2) is 65.8 Å². The van der Waals surface area contributed by atoms with Crippen LogP contribution >= 0.6 is 0 Å². The van der Waals surface area contributed by atoms with Crippen LogP contribution in [0.15, 0.2) is 0 Å². The molecular weight excluding hydrogens is 290 g/mol. The van der Waals surface area contributed by atoms with Crippen LogP contribution in [0.1, 0.15) is 59.3 Å². The quantitative estimate of drug-likeness (QED) is 0.845. The predicted molar refractivity (Wildman–Crippen MR) is 91.6 cm³/mol. The highest BCUT2D eigenvalue weighted by molar-refractivity contribution is 5.69. The van der Waals surface area contributed by atoms with Gasteiger partial charge in [-0.15, -0.1) is 0 Å². The standard InChI is InChI=1S/C18H33N3O2/c1-18(2,3)23-17(22)21(14-7-8-14)13-10-19-15-9-12-20-11-5-4-6-16(15)20/h14-16,19H,4-13H2,1-3H3. The minimum absolute atomic E-state index is 0.146. The molecule has 0 aromatic heterocycles. The SMILES string of the molecule is CC(C)(C)OC(=O)N(CCNC1CCN2CCCCC12)C1CC1. The zero-order valence-electron chi connectivity index (χ0n) is 15.0. The van der Waals surface area contributed by atoms with Crippen LogP contribution in [0, 0.1) is 0 Å². The van der Waals surface area contributed by atoms with E-state index in [0.29, 0.717) is 12.1 Å². The Bertz CT molecular complexity index is 417. The van der Waals surface area contributed by atoms with Gasteiger partial charge >= 0.3 is 6.09 Å². The van der Waals surface area contributed by atoms with Gasteiger partial charge in [-0.3, -0.25) is 4.90 Å². The number of carbonyl (C=O) groups excluding carboxylic acids is 1. The average Bonchev–Trinajstić information content (AvgIpc) is 3.22. The summed E-state index contributed by atoms with van der Waals surface area (Å²) in [7, 11) is 0. The largest absolute Gasteiger partial charge is 0.444 e. The first-order valence-corrected chi connectivity index (χ1v) is 9.41. The van der Waals surface area contributed by atoms with Crippen molar-refractivity contribution in [3.63, 3.8) is 0 Å². The number of amides is 1. The van der Waals surface area contributed by atoms with E-state index >= 15 is 0 Å². The molecule has 1 aliphatic carbocycles. The Labute approximate surface area is 140 Å². The number of ether oxygens (including phenoxy) is 1. The van der Waals surface area contributed by atoms with E-state index in [1.807, 2.05) is 25.7 Å². The summed E-state index contributed by atoms with van der Waals surface area (Å²) in [6, 6.07) is 1.73. The van der Waals surface area contributed by atoms with Gasteiger partial charge in [0.15, 0.2) is 0 Å². The van der Waals surface area contributed by atoms with Gasteiger partial charge in [0.2, 0.25) is 0 Å². The van der Waals surface area contributed by atoms with Crippen molar-refractivity contribution >= 4 is 6.09 Å². The Morgan fingerprint density at radius 2 is 1.96 bits per heavy atom. The topological polar surface area (TPSA) is 44.8 Å². The summed E-state index contributed by atoms with van der Waals surface area (Å²) < 4.78 is 5.56. The molecule has 3 rings (SSSR count). The maximum absolute atomic E-state index is 12.4. The molecule has 1 amide bonds. The van der Waals surface area contributed by atoms with Crippen LogP contribution < -0.4 is 5.32 Å². The second-order valence-electron chi connectivity index (χ2n) is 8.35. The Kier molecular flexibility index (Phi) is 5.16. The van der Waals surface area contributed by atoms with E-state index in [1.54, 1.807) is 0 Å². The van der Waals surface area contributed by atoms with Crippen molar-refractivity contribution in [2.45, 2.75) is 83.0 Å². The summed E-state index contributed by atoms with van der Waals surface area (Å²) in [5, 5.41) is 3.72. The zero-order chi connectivity index (χ0) is 16.4. The molecule has 0 radical (unpaired) electrons. The van der Waals surface area contributed by atoms with E-state index in [-0.39, 0.29) is 6.09 Å². The molecule has 3 aliphatic rings. The van der Waals surface area contributed by atoms with Gasteiger partial charge in [0.05, 0.1) is 0 Å². The van der Waals surface area contributed by atoms with Crippen molar-refractivity contribution in [2.24, 2.45) is 0 Å². The molecule has 23 heavy (non-hydrogen) atoms. The van der Waals surface area contributed by atoms with E-state index in [9.17, 15) is 4.79 Å². The van der Waals surface area contributed by atoms with Crippen LogP contribution in [0.25, 0.3) is 0 Å². The summed E-state index contributed by atoms with van der Waals surface area (Å²) in [6.07, 6.45) is 7.41. The van der Waals surface area contributed by atoms with Gasteiger partial charge in [0.25, 0.3) is 0 Å². The first-order valence-electron chi connectivity index (χ1n) is 9.41. The molecule has 0 aromatic carbocycles. The summed E-state index contributed by atoms with van der Waals surface area (Å²) >= 11 is 0. The Balaban J connectivity index is 1.45. The molecule has 2 unspecified atom stereocenters. The molecule has 1 N–H and O–H groups in total. The van der Waals surface area contributed by atoms with Gasteiger partial charge in [-0.05, 0) is 59.4 Å². The number of rotatable bonds is 5. The molecule has 3 fully saturated rings. The molecule has 0 spiro atoms. The molecule has 0 aromatic rings. The lowest BCUT2D eigenvalue weighted by Crippen LogP contribution is -2.48. The van der Waals surface area contributed by atoms with Crippen LogP contribution in [-0.2, 0) is 4.74 Å². The zero-order valence-corrected chi connectivity index (χ0v) is 15.0. The van der Waals surface area contributed by atoms with Crippen molar-refractivity contribution in [3.8, 4) is 0 Å². The lowest BCUT2D eigenvalue weighted by Gasteiger charge is -2.33. The highest BCUT2D eigenvalue weighted by Gasteiger charge is 2.37. The third kappa shape index (κ3) is 4.60. The number of piperidine rings is 1. The molecule has 1 saturated carbocycles. The maximum atomic E-state index is 12.4. The molecule has 2 atom stereocenters. The molecule has 5 heteroatoms. The number of hydrogen-bond donors (Lipinski definition) is 1. The van der Waals surface area contributed by atoms with Gasteiger partial charge in [-0.2, -0.15) is 0 Å². The number of nitrogens with zero attached hydrogens (tertiary/aromatic N) is 2. The molecular formula is C18H33N3O2. The lowest BCUT2D eigenvalue weighted by atomic mass is 9.99. The minimum atomic E-state index is -0.411. The van der Waals surface area contributed by atoms with E-state index in [2.05, 4.69) is 10.2 Å². The first-order chi connectivity index (χ1) is 10.9. The van der Waals surface area contributed by atoms with Crippen molar-refractivity contribution in [1.82, 2.24) is 15.1 Å². The number of fused-ring (bicyclic) bond motifs is 1. The molecule has 2 aliphatic heterocycles. The van der Waals surface area contributed by atoms with Gasteiger partial charge in [0.1, 0.15) is 5.60 Å². The maximum Gasteiger partial charge on any atom is 0.410 e. The second-order valence-corrected chi connectivity index (χ2v) is 8.35. The smallest absolute Gasteiger partial charge is 0.410 e. The van der Waals surface area contributed by atoms with Gasteiger partial charge in [0, 0.05) is 37.8 Å². The predicted octanol–water partition coefficient (Wildman–Crippen LogP) is 2.60. The molecule has 2 saturated heterocycles. The summed E-state index contributed by atoms with van der Waals surface area (Å²) in [5.41, 5.74) is -0.411. The summed E-state index contributed by atoms with van der Waals surface area (Å²) in [5.74, 6) is 0. The third-order valence-corrected chi connectivity index (χ3v) is 5.23. The van der Waals surface area contributed by atoms with E-state index < -0.39 is 5.60 Å². The van der Waals surface area contributed by atoms with E-state index in [4.69, 9.17) is 4.74 Å². The van der Waals surface area contributed by atoms with Crippen molar-refractivity contribution in [3.05, 3.63) is 0 Å². The molecule has 0 bridgehead atoms. The molecule has 2 heterocycles.